The first kappa shape index (κ1) is 13.4. The minimum absolute atomic E-state index is 0.746. The van der Waals surface area contributed by atoms with Crippen LogP contribution in [0.25, 0.3) is 0 Å². The molecule has 0 aromatic carbocycles. The highest BCUT2D eigenvalue weighted by Gasteiger charge is 2.28. The Hall–Kier alpha value is -0.0400. The standard InChI is InChI=1S/C16H31N/c1-12-9-10-16(13(2)11-12)17-14(3)15-7-5-4-6-8-15/h12-17H,4-11H2,1-3H3/t12?,13?,14-,16?/m0/s1. The Balaban J connectivity index is 1.79. The summed E-state index contributed by atoms with van der Waals surface area (Å²) in [5.74, 6) is 2.79. The van der Waals surface area contributed by atoms with Crippen molar-refractivity contribution in [3.63, 3.8) is 0 Å². The Morgan fingerprint density at radius 3 is 2.29 bits per heavy atom. The molecule has 0 amide bonds. The van der Waals surface area contributed by atoms with E-state index in [0.717, 1.165) is 29.8 Å². The Kier molecular flexibility index (Phi) is 4.90. The normalized spacial score (nSPS) is 37.9. The van der Waals surface area contributed by atoms with Gasteiger partial charge in [0.05, 0.1) is 0 Å². The van der Waals surface area contributed by atoms with Crippen molar-refractivity contribution in [2.45, 2.75) is 84.2 Å². The predicted molar refractivity (Wildman–Crippen MR) is 75.1 cm³/mol. The molecule has 0 saturated heterocycles. The summed E-state index contributed by atoms with van der Waals surface area (Å²) in [4.78, 5) is 0. The Bertz CT molecular complexity index is 220. The zero-order chi connectivity index (χ0) is 12.3. The largest absolute Gasteiger partial charge is 0.311 e. The highest BCUT2D eigenvalue weighted by Crippen LogP contribution is 2.31. The van der Waals surface area contributed by atoms with Crippen LogP contribution in [0.4, 0.5) is 0 Å². The zero-order valence-corrected chi connectivity index (χ0v) is 12.0. The third-order valence-corrected chi connectivity index (χ3v) is 5.27. The molecule has 0 aromatic heterocycles. The van der Waals surface area contributed by atoms with Gasteiger partial charge in [-0.05, 0) is 56.8 Å². The second kappa shape index (κ2) is 6.22. The van der Waals surface area contributed by atoms with Crippen molar-refractivity contribution < 1.29 is 0 Å². The molecule has 1 N–H and O–H groups in total. The highest BCUT2D eigenvalue weighted by atomic mass is 15.0. The van der Waals surface area contributed by atoms with E-state index in [0.29, 0.717) is 0 Å². The molecule has 100 valence electrons. The van der Waals surface area contributed by atoms with Crippen molar-refractivity contribution in [2.24, 2.45) is 17.8 Å². The molecule has 0 heterocycles. The van der Waals surface area contributed by atoms with Gasteiger partial charge in [0.2, 0.25) is 0 Å². The van der Waals surface area contributed by atoms with Gasteiger partial charge in [0.1, 0.15) is 0 Å². The lowest BCUT2D eigenvalue weighted by molar-refractivity contribution is 0.184. The maximum atomic E-state index is 3.96. The van der Waals surface area contributed by atoms with Crippen LogP contribution in [-0.4, -0.2) is 12.1 Å². The summed E-state index contributed by atoms with van der Waals surface area (Å²) in [6.45, 7) is 7.29. The van der Waals surface area contributed by atoms with Gasteiger partial charge in [0.25, 0.3) is 0 Å². The minimum Gasteiger partial charge on any atom is -0.311 e. The van der Waals surface area contributed by atoms with Crippen LogP contribution in [0.2, 0.25) is 0 Å². The molecule has 0 spiro atoms. The Labute approximate surface area is 108 Å². The third-order valence-electron chi connectivity index (χ3n) is 5.27. The molecule has 2 fully saturated rings. The average molecular weight is 237 g/mol. The second-order valence-corrected chi connectivity index (χ2v) is 6.86. The maximum Gasteiger partial charge on any atom is 0.00954 e. The van der Waals surface area contributed by atoms with Crippen molar-refractivity contribution in [3.8, 4) is 0 Å². The molecule has 1 nitrogen and oxygen atoms in total. The molecule has 2 aliphatic carbocycles. The van der Waals surface area contributed by atoms with E-state index in [9.17, 15) is 0 Å². The van der Waals surface area contributed by atoms with Crippen molar-refractivity contribution in [2.75, 3.05) is 0 Å². The van der Waals surface area contributed by atoms with Crippen LogP contribution >= 0.6 is 0 Å². The fraction of sp³-hybridized carbons (Fsp3) is 1.00. The van der Waals surface area contributed by atoms with Crippen molar-refractivity contribution >= 4 is 0 Å². The summed E-state index contributed by atoms with van der Waals surface area (Å²) in [5.41, 5.74) is 0. The van der Waals surface area contributed by atoms with Gasteiger partial charge in [-0.25, -0.2) is 0 Å². The van der Waals surface area contributed by atoms with Crippen molar-refractivity contribution in [3.05, 3.63) is 0 Å². The first-order valence-corrected chi connectivity index (χ1v) is 7.93. The molecule has 2 saturated carbocycles. The summed E-state index contributed by atoms with van der Waals surface area (Å²) in [7, 11) is 0. The molecule has 4 atom stereocenters. The van der Waals surface area contributed by atoms with Crippen LogP contribution < -0.4 is 5.32 Å². The molecule has 17 heavy (non-hydrogen) atoms. The lowest BCUT2D eigenvalue weighted by atomic mass is 9.78. The van der Waals surface area contributed by atoms with E-state index in [2.05, 4.69) is 26.1 Å². The summed E-state index contributed by atoms with van der Waals surface area (Å²) in [6, 6.07) is 1.54. The predicted octanol–water partition coefficient (Wildman–Crippen LogP) is 4.37. The smallest absolute Gasteiger partial charge is 0.00954 e. The SMILES string of the molecule is CC1CCC(N[C@@H](C)C2CCCCC2)C(C)C1. The van der Waals surface area contributed by atoms with Gasteiger partial charge < -0.3 is 5.32 Å². The number of hydrogen-bond donors (Lipinski definition) is 1. The molecule has 3 unspecified atom stereocenters. The fourth-order valence-corrected chi connectivity index (χ4v) is 4.02. The quantitative estimate of drug-likeness (QED) is 0.768. The molecular formula is C16H31N. The summed E-state index contributed by atoms with van der Waals surface area (Å²) >= 11 is 0. The number of nitrogens with one attached hydrogen (secondary N) is 1. The van der Waals surface area contributed by atoms with Crippen LogP contribution in [0.15, 0.2) is 0 Å². The monoisotopic (exact) mass is 237 g/mol. The minimum atomic E-state index is 0.746. The van der Waals surface area contributed by atoms with E-state index >= 15 is 0 Å². The summed E-state index contributed by atoms with van der Waals surface area (Å²) in [5, 5.41) is 3.96. The topological polar surface area (TPSA) is 12.0 Å². The lowest BCUT2D eigenvalue weighted by Gasteiger charge is -2.38. The molecule has 0 radical (unpaired) electrons. The number of hydrogen-bond acceptors (Lipinski definition) is 1. The van der Waals surface area contributed by atoms with Gasteiger partial charge in [-0.2, -0.15) is 0 Å². The van der Waals surface area contributed by atoms with E-state index in [1.807, 2.05) is 0 Å². The van der Waals surface area contributed by atoms with E-state index in [-0.39, 0.29) is 0 Å². The highest BCUT2D eigenvalue weighted by molar-refractivity contribution is 4.85. The molecule has 1 heteroatoms. The third kappa shape index (κ3) is 3.71. The van der Waals surface area contributed by atoms with Crippen LogP contribution in [-0.2, 0) is 0 Å². The van der Waals surface area contributed by atoms with Gasteiger partial charge >= 0.3 is 0 Å². The first-order valence-electron chi connectivity index (χ1n) is 7.93. The van der Waals surface area contributed by atoms with Crippen molar-refractivity contribution in [1.29, 1.82) is 0 Å². The van der Waals surface area contributed by atoms with E-state index < -0.39 is 0 Å². The molecule has 2 aliphatic rings. The summed E-state index contributed by atoms with van der Waals surface area (Å²) in [6.07, 6.45) is 11.6. The van der Waals surface area contributed by atoms with E-state index in [1.54, 1.807) is 0 Å². The van der Waals surface area contributed by atoms with Crippen LogP contribution in [0, 0.1) is 17.8 Å². The summed E-state index contributed by atoms with van der Waals surface area (Å²) < 4.78 is 0. The molecule has 2 rings (SSSR count). The second-order valence-electron chi connectivity index (χ2n) is 6.86. The van der Waals surface area contributed by atoms with E-state index in [4.69, 9.17) is 0 Å². The van der Waals surface area contributed by atoms with E-state index in [1.165, 1.54) is 51.4 Å². The van der Waals surface area contributed by atoms with Gasteiger partial charge in [-0.15, -0.1) is 0 Å². The molecule has 0 bridgehead atoms. The first-order chi connectivity index (χ1) is 8.16. The Morgan fingerprint density at radius 2 is 1.65 bits per heavy atom. The van der Waals surface area contributed by atoms with Crippen LogP contribution in [0.1, 0.15) is 72.1 Å². The fourth-order valence-electron chi connectivity index (χ4n) is 4.02. The molecular weight excluding hydrogens is 206 g/mol. The zero-order valence-electron chi connectivity index (χ0n) is 12.0. The Morgan fingerprint density at radius 1 is 0.941 bits per heavy atom. The maximum absolute atomic E-state index is 3.96. The van der Waals surface area contributed by atoms with Crippen LogP contribution in [0.5, 0.6) is 0 Å². The molecule has 0 aliphatic heterocycles. The van der Waals surface area contributed by atoms with Crippen molar-refractivity contribution in [1.82, 2.24) is 5.32 Å². The van der Waals surface area contributed by atoms with Crippen LogP contribution in [0.3, 0.4) is 0 Å². The van der Waals surface area contributed by atoms with Gasteiger partial charge in [-0.1, -0.05) is 33.1 Å². The lowest BCUT2D eigenvalue weighted by Crippen LogP contribution is -2.46. The van der Waals surface area contributed by atoms with Gasteiger partial charge in [0, 0.05) is 12.1 Å². The molecule has 0 aromatic rings. The number of rotatable bonds is 3. The van der Waals surface area contributed by atoms with Gasteiger partial charge in [0.15, 0.2) is 0 Å². The van der Waals surface area contributed by atoms with Gasteiger partial charge in [-0.3, -0.25) is 0 Å². The average Bonchev–Trinajstić information content (AvgIpc) is 2.34.